The van der Waals surface area contributed by atoms with E-state index in [-0.39, 0.29) is 16.9 Å². The smallest absolute Gasteiger partial charge is 0.347 e. The molecular formula is C25H24O6S. The number of carboxylic acids is 1. The van der Waals surface area contributed by atoms with E-state index in [1.807, 2.05) is 23.6 Å². The summed E-state index contributed by atoms with van der Waals surface area (Å²) in [5, 5.41) is 11.5. The first kappa shape index (κ1) is 23.1. The highest BCUT2D eigenvalue weighted by Gasteiger charge is 2.32. The Balaban J connectivity index is 2.14. The molecule has 1 heterocycles. The van der Waals surface area contributed by atoms with E-state index in [0.29, 0.717) is 17.1 Å². The van der Waals surface area contributed by atoms with Gasteiger partial charge in [-0.25, -0.2) is 4.79 Å². The van der Waals surface area contributed by atoms with E-state index < -0.39 is 17.4 Å². The third kappa shape index (κ3) is 4.53. The predicted octanol–water partition coefficient (Wildman–Crippen LogP) is 5.57. The van der Waals surface area contributed by atoms with Gasteiger partial charge >= 0.3 is 5.97 Å². The lowest BCUT2D eigenvalue weighted by atomic mass is 9.94. The van der Waals surface area contributed by atoms with Crippen LogP contribution in [0.3, 0.4) is 0 Å². The molecule has 7 heteroatoms. The van der Waals surface area contributed by atoms with Crippen molar-refractivity contribution < 1.29 is 28.9 Å². The normalized spacial score (nSPS) is 11.0. The van der Waals surface area contributed by atoms with Crippen molar-refractivity contribution in [2.45, 2.75) is 19.4 Å². The zero-order chi connectivity index (χ0) is 23.5. The Morgan fingerprint density at radius 1 is 0.969 bits per heavy atom. The number of benzene rings is 2. The van der Waals surface area contributed by atoms with E-state index >= 15 is 0 Å². The van der Waals surface area contributed by atoms with E-state index in [4.69, 9.17) is 14.2 Å². The minimum absolute atomic E-state index is 0.127. The maximum atomic E-state index is 13.5. The highest BCUT2D eigenvalue weighted by Crippen LogP contribution is 2.38. The summed E-state index contributed by atoms with van der Waals surface area (Å²) in [6, 6.07) is 14.2. The van der Waals surface area contributed by atoms with E-state index in [2.05, 4.69) is 6.58 Å². The SMILES string of the molecule is C=C(C(=O)c1c(OC)cccc1OC)c1cc(-c2cccs2)ccc1OC(C)(C)C(=O)O. The summed E-state index contributed by atoms with van der Waals surface area (Å²) in [5.74, 6) is -0.615. The summed E-state index contributed by atoms with van der Waals surface area (Å²) in [4.78, 5) is 26.2. The number of thiophene rings is 1. The minimum atomic E-state index is -1.51. The summed E-state index contributed by atoms with van der Waals surface area (Å²) in [6.07, 6.45) is 0. The van der Waals surface area contributed by atoms with Crippen molar-refractivity contribution in [1.29, 1.82) is 0 Å². The number of carbonyl (C=O) groups is 2. The molecule has 0 saturated carbocycles. The molecule has 0 radical (unpaired) electrons. The largest absolute Gasteiger partial charge is 0.496 e. The maximum Gasteiger partial charge on any atom is 0.347 e. The topological polar surface area (TPSA) is 82.1 Å². The first-order valence-corrected chi connectivity index (χ1v) is 10.6. The lowest BCUT2D eigenvalue weighted by Crippen LogP contribution is -2.38. The summed E-state index contributed by atoms with van der Waals surface area (Å²) < 4.78 is 16.6. The van der Waals surface area contributed by atoms with Gasteiger partial charge in [0.25, 0.3) is 0 Å². The summed E-state index contributed by atoms with van der Waals surface area (Å²) in [5.41, 5.74) is 0.0967. The van der Waals surface area contributed by atoms with Gasteiger partial charge < -0.3 is 19.3 Å². The van der Waals surface area contributed by atoms with Gasteiger partial charge in [-0.2, -0.15) is 0 Å². The Labute approximate surface area is 190 Å². The van der Waals surface area contributed by atoms with E-state index in [0.717, 1.165) is 10.4 Å². The van der Waals surface area contributed by atoms with Gasteiger partial charge in [0.05, 0.1) is 14.2 Å². The van der Waals surface area contributed by atoms with Gasteiger partial charge in [0.15, 0.2) is 5.60 Å². The number of carboxylic acid groups (broad SMARTS) is 1. The number of aliphatic carboxylic acids is 1. The van der Waals surface area contributed by atoms with Gasteiger partial charge in [-0.3, -0.25) is 4.79 Å². The average Bonchev–Trinajstić information content (AvgIpc) is 3.32. The van der Waals surface area contributed by atoms with Gasteiger partial charge in [0.2, 0.25) is 5.78 Å². The summed E-state index contributed by atoms with van der Waals surface area (Å²) in [6.45, 7) is 6.91. The maximum absolute atomic E-state index is 13.5. The fourth-order valence-corrected chi connectivity index (χ4v) is 3.84. The Kier molecular flexibility index (Phi) is 6.69. The molecule has 0 spiro atoms. The molecule has 0 atom stereocenters. The first-order chi connectivity index (χ1) is 15.2. The third-order valence-corrected chi connectivity index (χ3v) is 5.84. The molecule has 6 nitrogen and oxygen atoms in total. The number of hydrogen-bond acceptors (Lipinski definition) is 6. The van der Waals surface area contributed by atoms with Crippen LogP contribution in [0.1, 0.15) is 29.8 Å². The van der Waals surface area contributed by atoms with Crippen molar-refractivity contribution in [2.75, 3.05) is 14.2 Å². The number of allylic oxidation sites excluding steroid dienone is 1. The van der Waals surface area contributed by atoms with Crippen molar-refractivity contribution in [2.24, 2.45) is 0 Å². The Morgan fingerprint density at radius 2 is 1.62 bits per heavy atom. The van der Waals surface area contributed by atoms with Crippen LogP contribution >= 0.6 is 11.3 Å². The van der Waals surface area contributed by atoms with Crippen LogP contribution in [0, 0.1) is 0 Å². The Morgan fingerprint density at radius 3 is 2.16 bits per heavy atom. The van der Waals surface area contributed by atoms with Crippen molar-refractivity contribution in [3.63, 3.8) is 0 Å². The van der Waals surface area contributed by atoms with Gasteiger partial charge in [0.1, 0.15) is 22.8 Å². The van der Waals surface area contributed by atoms with Gasteiger partial charge in [-0.15, -0.1) is 11.3 Å². The highest BCUT2D eigenvalue weighted by atomic mass is 32.1. The molecule has 0 aliphatic heterocycles. The van der Waals surface area contributed by atoms with Gasteiger partial charge in [-0.1, -0.05) is 18.7 Å². The van der Waals surface area contributed by atoms with Crippen LogP contribution in [0.15, 0.2) is 60.5 Å². The molecule has 3 aromatic rings. The molecule has 32 heavy (non-hydrogen) atoms. The summed E-state index contributed by atoms with van der Waals surface area (Å²) in [7, 11) is 2.94. The standard InChI is InChI=1S/C25H24O6S/c1-15(23(26)22-19(29-4)8-6-9-20(22)30-5)17-14-16(21-10-7-13-32-21)11-12-18(17)31-25(2,3)24(27)28/h6-14H,1H2,2-5H3,(H,27,28). The number of Topliss-reactive ketones (excluding diaryl/α,β-unsaturated/α-hetero) is 1. The average molecular weight is 453 g/mol. The van der Waals surface area contributed by atoms with Crippen molar-refractivity contribution in [3.05, 3.63) is 71.6 Å². The molecule has 166 valence electrons. The number of ketones is 1. The molecule has 0 aliphatic carbocycles. The summed E-state index contributed by atoms with van der Waals surface area (Å²) >= 11 is 1.55. The Hall–Kier alpha value is -3.58. The predicted molar refractivity (Wildman–Crippen MR) is 125 cm³/mol. The second kappa shape index (κ2) is 9.28. The lowest BCUT2D eigenvalue weighted by Gasteiger charge is -2.24. The van der Waals surface area contributed by atoms with Crippen LogP contribution in [0.25, 0.3) is 16.0 Å². The monoisotopic (exact) mass is 452 g/mol. The van der Waals surface area contributed by atoms with E-state index in [1.165, 1.54) is 28.1 Å². The fraction of sp³-hybridized carbons (Fsp3) is 0.200. The van der Waals surface area contributed by atoms with Crippen LogP contribution < -0.4 is 14.2 Å². The molecule has 1 aromatic heterocycles. The molecule has 2 aromatic carbocycles. The third-order valence-electron chi connectivity index (χ3n) is 4.92. The van der Waals surface area contributed by atoms with Crippen LogP contribution in [0.5, 0.6) is 17.2 Å². The second-order valence-corrected chi connectivity index (χ2v) is 8.40. The van der Waals surface area contributed by atoms with E-state index in [1.54, 1.807) is 41.7 Å². The van der Waals surface area contributed by atoms with Crippen molar-refractivity contribution >= 4 is 28.7 Å². The molecule has 3 rings (SSSR count). The van der Waals surface area contributed by atoms with Crippen LogP contribution in [-0.2, 0) is 4.79 Å². The quantitative estimate of drug-likeness (QED) is 0.338. The van der Waals surface area contributed by atoms with Crippen LogP contribution in [0.4, 0.5) is 0 Å². The number of rotatable bonds is 9. The van der Waals surface area contributed by atoms with Crippen LogP contribution in [-0.4, -0.2) is 36.7 Å². The van der Waals surface area contributed by atoms with E-state index in [9.17, 15) is 14.7 Å². The number of carbonyl (C=O) groups excluding carboxylic acids is 1. The molecule has 0 amide bonds. The zero-order valence-corrected chi connectivity index (χ0v) is 19.1. The second-order valence-electron chi connectivity index (χ2n) is 7.45. The fourth-order valence-electron chi connectivity index (χ4n) is 3.12. The number of ether oxygens (including phenoxy) is 3. The first-order valence-electron chi connectivity index (χ1n) is 9.75. The molecule has 1 N–H and O–H groups in total. The molecule has 0 bridgehead atoms. The Bertz CT molecular complexity index is 1140. The molecule has 0 unspecified atom stereocenters. The van der Waals surface area contributed by atoms with Gasteiger partial charge in [0, 0.05) is 16.0 Å². The zero-order valence-electron chi connectivity index (χ0n) is 18.3. The van der Waals surface area contributed by atoms with Crippen LogP contribution in [0.2, 0.25) is 0 Å². The molecule has 0 saturated heterocycles. The lowest BCUT2D eigenvalue weighted by molar-refractivity contribution is -0.152. The number of methoxy groups -OCH3 is 2. The molecule has 0 fully saturated rings. The van der Waals surface area contributed by atoms with Crippen molar-refractivity contribution in [1.82, 2.24) is 0 Å². The number of hydrogen-bond donors (Lipinski definition) is 1. The minimum Gasteiger partial charge on any atom is -0.496 e. The molecular weight excluding hydrogens is 428 g/mol. The molecule has 0 aliphatic rings. The van der Waals surface area contributed by atoms with Gasteiger partial charge in [-0.05, 0) is 61.2 Å². The van der Waals surface area contributed by atoms with Crippen molar-refractivity contribution in [3.8, 4) is 27.7 Å². The highest BCUT2D eigenvalue weighted by molar-refractivity contribution is 7.13.